The Kier molecular flexibility index (Phi) is 9.46. The van der Waals surface area contributed by atoms with Gasteiger partial charge in [-0.15, -0.1) is 0 Å². The van der Waals surface area contributed by atoms with Crippen LogP contribution in [0.1, 0.15) is 20.8 Å². The summed E-state index contributed by atoms with van der Waals surface area (Å²) >= 11 is 0. The summed E-state index contributed by atoms with van der Waals surface area (Å²) in [5, 5.41) is 0. The van der Waals surface area contributed by atoms with E-state index in [9.17, 15) is 18.9 Å². The molecule has 0 aliphatic carbocycles. The summed E-state index contributed by atoms with van der Waals surface area (Å²) in [6, 6.07) is 16.4. The topological polar surface area (TPSA) is 133 Å². The van der Waals surface area contributed by atoms with Gasteiger partial charge < -0.3 is 28.0 Å². The molecule has 2 aromatic rings. The average molecular weight is 522 g/mol. The van der Waals surface area contributed by atoms with Crippen LogP contribution in [0.2, 0.25) is 0 Å². The smallest absolute Gasteiger partial charge is 0.463 e. The molecule has 4 atom stereocenters. The van der Waals surface area contributed by atoms with E-state index in [2.05, 4.69) is 0 Å². The lowest BCUT2D eigenvalue weighted by atomic mass is 10.00. The number of rotatable bonds is 10. The Morgan fingerprint density at radius 2 is 1.31 bits per heavy atom. The summed E-state index contributed by atoms with van der Waals surface area (Å²) in [6.07, 6.45) is -4.75. The molecule has 0 spiro atoms. The van der Waals surface area contributed by atoms with Crippen LogP contribution in [0, 0.1) is 0 Å². The number of carbonyl (C=O) groups excluding carboxylic acids is 3. The Labute approximate surface area is 208 Å². The van der Waals surface area contributed by atoms with Crippen LogP contribution in [-0.4, -0.2) is 55.5 Å². The van der Waals surface area contributed by atoms with E-state index in [-0.39, 0.29) is 24.7 Å². The third kappa shape index (κ3) is 8.08. The fraction of sp³-hybridized carbons (Fsp3) is 0.375. The van der Waals surface area contributed by atoms with E-state index in [0.29, 0.717) is 0 Å². The van der Waals surface area contributed by atoms with Gasteiger partial charge >= 0.3 is 25.7 Å². The van der Waals surface area contributed by atoms with E-state index in [1.54, 1.807) is 60.7 Å². The number of benzene rings is 2. The van der Waals surface area contributed by atoms with E-state index in [1.165, 1.54) is 6.92 Å². The number of phosphoric ester groups is 1. The summed E-state index contributed by atoms with van der Waals surface area (Å²) < 4.78 is 52.3. The van der Waals surface area contributed by atoms with E-state index < -0.39 is 50.1 Å². The van der Waals surface area contributed by atoms with Gasteiger partial charge in [-0.1, -0.05) is 36.4 Å². The average Bonchev–Trinajstić information content (AvgIpc) is 2.81. The molecule has 36 heavy (non-hydrogen) atoms. The first-order valence-electron chi connectivity index (χ1n) is 11.0. The molecule has 0 unspecified atom stereocenters. The normalized spacial score (nSPS) is 21.6. The number of phosphoric acid groups is 1. The van der Waals surface area contributed by atoms with Gasteiger partial charge in [-0.2, -0.15) is 0 Å². The number of esters is 3. The molecule has 0 amide bonds. The summed E-state index contributed by atoms with van der Waals surface area (Å²) in [5.74, 6) is -1.62. The van der Waals surface area contributed by atoms with E-state index in [0.717, 1.165) is 13.8 Å². The fourth-order valence-electron chi connectivity index (χ4n) is 3.38. The van der Waals surface area contributed by atoms with Crippen molar-refractivity contribution in [2.24, 2.45) is 0 Å². The Balaban J connectivity index is 1.91. The molecular weight excluding hydrogens is 495 g/mol. The Bertz CT molecular complexity index is 1030. The lowest BCUT2D eigenvalue weighted by Gasteiger charge is -2.40. The van der Waals surface area contributed by atoms with Crippen molar-refractivity contribution in [3.63, 3.8) is 0 Å². The number of hydrogen-bond acceptors (Lipinski definition) is 11. The number of para-hydroxylation sites is 2. The summed E-state index contributed by atoms with van der Waals surface area (Å²) in [5.41, 5.74) is 0. The maximum absolute atomic E-state index is 13.8. The number of hydrogen-bond donors (Lipinski definition) is 0. The highest BCUT2D eigenvalue weighted by Crippen LogP contribution is 2.51. The van der Waals surface area contributed by atoms with Crippen molar-refractivity contribution >= 4 is 25.7 Å². The molecule has 0 radical (unpaired) electrons. The number of ether oxygens (including phenoxy) is 4. The maximum atomic E-state index is 13.8. The Hall–Kier alpha value is -3.40. The largest absolute Gasteiger partial charge is 0.588 e. The van der Waals surface area contributed by atoms with Crippen molar-refractivity contribution in [3.8, 4) is 11.5 Å². The first-order valence-corrected chi connectivity index (χ1v) is 12.5. The van der Waals surface area contributed by atoms with Crippen LogP contribution in [0.15, 0.2) is 60.7 Å². The third-order valence-electron chi connectivity index (χ3n) is 4.77. The molecule has 2 aromatic carbocycles. The minimum absolute atomic E-state index is 0.196. The minimum atomic E-state index is -4.42. The van der Waals surface area contributed by atoms with Gasteiger partial charge in [0.15, 0.2) is 12.2 Å². The van der Waals surface area contributed by atoms with Gasteiger partial charge in [0, 0.05) is 20.8 Å². The summed E-state index contributed by atoms with van der Waals surface area (Å²) in [6.45, 7) is 2.95. The first-order chi connectivity index (χ1) is 17.1. The van der Waals surface area contributed by atoms with Gasteiger partial charge in [0.05, 0.1) is 6.61 Å². The van der Waals surface area contributed by atoms with Crippen molar-refractivity contribution in [1.29, 1.82) is 0 Å². The van der Waals surface area contributed by atoms with Gasteiger partial charge in [-0.25, -0.2) is 4.57 Å². The predicted molar refractivity (Wildman–Crippen MR) is 124 cm³/mol. The lowest BCUT2D eigenvalue weighted by molar-refractivity contribution is -0.222. The molecule has 1 fully saturated rings. The lowest BCUT2D eigenvalue weighted by Crippen LogP contribution is -2.58. The molecule has 0 bridgehead atoms. The van der Waals surface area contributed by atoms with E-state index in [1.807, 2.05) is 0 Å². The molecule has 12 heteroatoms. The molecule has 1 heterocycles. The molecular formula is C24H27O11P. The van der Waals surface area contributed by atoms with Crippen LogP contribution < -0.4 is 9.05 Å². The monoisotopic (exact) mass is 522 g/mol. The molecule has 0 saturated carbocycles. The van der Waals surface area contributed by atoms with Crippen molar-refractivity contribution < 1.29 is 51.5 Å². The zero-order chi connectivity index (χ0) is 26.1. The van der Waals surface area contributed by atoms with Gasteiger partial charge in [-0.05, 0) is 24.3 Å². The molecule has 0 aromatic heterocycles. The first kappa shape index (κ1) is 27.2. The Morgan fingerprint density at radius 1 is 0.806 bits per heavy atom. The summed E-state index contributed by atoms with van der Waals surface area (Å²) in [4.78, 5) is 35.1. The van der Waals surface area contributed by atoms with Crippen LogP contribution in [0.25, 0.3) is 0 Å². The van der Waals surface area contributed by atoms with Gasteiger partial charge in [0.1, 0.15) is 30.3 Å². The highest BCUT2D eigenvalue weighted by molar-refractivity contribution is 7.49. The predicted octanol–water partition coefficient (Wildman–Crippen LogP) is 3.46. The molecule has 0 N–H and O–H groups in total. The van der Waals surface area contributed by atoms with Crippen molar-refractivity contribution in [3.05, 3.63) is 60.7 Å². The molecule has 194 valence electrons. The van der Waals surface area contributed by atoms with Gasteiger partial charge in [0.2, 0.25) is 0 Å². The second-order valence-electron chi connectivity index (χ2n) is 7.72. The summed E-state index contributed by atoms with van der Waals surface area (Å²) in [7, 11) is -4.42. The second-order valence-corrected chi connectivity index (χ2v) is 9.19. The standard InChI is InChI=1S/C24H27O11P/c1-16(25)29-14-21-23(31-17(2)26)24(32-18(3)27)22(15-30-21)35-36(28,33-19-10-6-4-7-11-19)34-20-12-8-5-9-13-20/h4-13,21-24H,14-15H2,1-3H3/t21-,22+,23-,24-/m1/s1. The third-order valence-corrected chi connectivity index (χ3v) is 6.17. The minimum Gasteiger partial charge on any atom is -0.463 e. The van der Waals surface area contributed by atoms with Crippen molar-refractivity contribution in [2.45, 2.75) is 45.2 Å². The van der Waals surface area contributed by atoms with Crippen molar-refractivity contribution in [1.82, 2.24) is 0 Å². The van der Waals surface area contributed by atoms with E-state index >= 15 is 0 Å². The molecule has 1 saturated heterocycles. The zero-order valence-corrected chi connectivity index (χ0v) is 20.8. The SMILES string of the molecule is CC(=O)OC[C@H]1OC[C@H](OP(=O)(Oc2ccccc2)Oc2ccccc2)[C@@H](OC(C)=O)[C@@H]1OC(C)=O. The van der Waals surface area contributed by atoms with Crippen LogP contribution >= 0.6 is 7.82 Å². The van der Waals surface area contributed by atoms with Gasteiger partial charge in [0.25, 0.3) is 0 Å². The van der Waals surface area contributed by atoms with E-state index in [4.69, 9.17) is 32.5 Å². The quantitative estimate of drug-likeness (QED) is 0.258. The second kappa shape index (κ2) is 12.5. The molecule has 3 rings (SSSR count). The zero-order valence-electron chi connectivity index (χ0n) is 19.9. The maximum Gasteiger partial charge on any atom is 0.588 e. The molecule has 1 aliphatic heterocycles. The van der Waals surface area contributed by atoms with Crippen LogP contribution in [0.5, 0.6) is 11.5 Å². The highest BCUT2D eigenvalue weighted by Gasteiger charge is 2.50. The molecule has 11 nitrogen and oxygen atoms in total. The Morgan fingerprint density at radius 3 is 1.78 bits per heavy atom. The van der Waals surface area contributed by atoms with Crippen LogP contribution in [-0.2, 0) is 42.4 Å². The van der Waals surface area contributed by atoms with Crippen molar-refractivity contribution in [2.75, 3.05) is 13.2 Å². The van der Waals surface area contributed by atoms with Gasteiger partial charge in [-0.3, -0.25) is 18.9 Å². The highest BCUT2D eigenvalue weighted by atomic mass is 31.2. The number of carbonyl (C=O) groups is 3. The van der Waals surface area contributed by atoms with Crippen LogP contribution in [0.4, 0.5) is 0 Å². The van der Waals surface area contributed by atoms with Crippen LogP contribution in [0.3, 0.4) is 0 Å². The fourth-order valence-corrected chi connectivity index (χ4v) is 4.78. The molecule has 1 aliphatic rings.